The van der Waals surface area contributed by atoms with E-state index in [0.29, 0.717) is 22.8 Å². The molecule has 9 heteroatoms. The highest BCUT2D eigenvalue weighted by Crippen LogP contribution is 2.27. The first-order valence-electron chi connectivity index (χ1n) is 7.92. The first kappa shape index (κ1) is 18.5. The summed E-state index contributed by atoms with van der Waals surface area (Å²) in [6, 6.07) is 9.22. The SMILES string of the molecule is COc1ccc(-c2nnc(SCC(=O)Nc3oc(C)c(C)c3C#N)o2)cc1. The summed E-state index contributed by atoms with van der Waals surface area (Å²) in [5.41, 5.74) is 1.78. The summed E-state index contributed by atoms with van der Waals surface area (Å²) in [6.07, 6.45) is 0. The van der Waals surface area contributed by atoms with Crippen molar-refractivity contribution in [1.82, 2.24) is 10.2 Å². The molecule has 3 aromatic rings. The van der Waals surface area contributed by atoms with Gasteiger partial charge in [-0.1, -0.05) is 11.8 Å². The number of methoxy groups -OCH3 is 1. The number of nitrogens with zero attached hydrogens (tertiary/aromatic N) is 3. The summed E-state index contributed by atoms with van der Waals surface area (Å²) < 4.78 is 16.1. The molecule has 1 aromatic carbocycles. The monoisotopic (exact) mass is 384 g/mol. The summed E-state index contributed by atoms with van der Waals surface area (Å²) in [5, 5.41) is 19.9. The van der Waals surface area contributed by atoms with Crippen LogP contribution in [0.4, 0.5) is 5.88 Å². The molecule has 0 fully saturated rings. The fraction of sp³-hybridized carbons (Fsp3) is 0.222. The molecule has 2 aromatic heterocycles. The predicted molar refractivity (Wildman–Crippen MR) is 98.5 cm³/mol. The van der Waals surface area contributed by atoms with Crippen molar-refractivity contribution in [2.75, 3.05) is 18.2 Å². The zero-order valence-electron chi connectivity index (χ0n) is 14.9. The van der Waals surface area contributed by atoms with E-state index in [0.717, 1.165) is 23.1 Å². The van der Waals surface area contributed by atoms with Crippen LogP contribution in [0.1, 0.15) is 16.9 Å². The number of aromatic nitrogens is 2. The van der Waals surface area contributed by atoms with Crippen molar-refractivity contribution < 1.29 is 18.4 Å². The molecule has 0 bridgehead atoms. The van der Waals surface area contributed by atoms with Crippen LogP contribution in [0, 0.1) is 25.2 Å². The highest BCUT2D eigenvalue weighted by molar-refractivity contribution is 7.99. The number of hydrogen-bond acceptors (Lipinski definition) is 8. The third kappa shape index (κ3) is 4.12. The Bertz CT molecular complexity index is 1000. The Hall–Kier alpha value is -3.25. The molecule has 0 saturated carbocycles. The highest BCUT2D eigenvalue weighted by atomic mass is 32.2. The number of ether oxygens (including phenoxy) is 1. The van der Waals surface area contributed by atoms with Crippen LogP contribution in [0.5, 0.6) is 5.75 Å². The summed E-state index contributed by atoms with van der Waals surface area (Å²) in [4.78, 5) is 12.1. The molecule has 27 heavy (non-hydrogen) atoms. The fourth-order valence-electron chi connectivity index (χ4n) is 2.26. The van der Waals surface area contributed by atoms with Crippen LogP contribution in [0.2, 0.25) is 0 Å². The van der Waals surface area contributed by atoms with Crippen LogP contribution in [0.3, 0.4) is 0 Å². The van der Waals surface area contributed by atoms with Gasteiger partial charge in [-0.25, -0.2) is 0 Å². The number of rotatable bonds is 6. The lowest BCUT2D eigenvalue weighted by molar-refractivity contribution is -0.113. The molecule has 0 aliphatic heterocycles. The topological polar surface area (TPSA) is 114 Å². The van der Waals surface area contributed by atoms with Gasteiger partial charge in [0.1, 0.15) is 23.1 Å². The van der Waals surface area contributed by atoms with E-state index in [-0.39, 0.29) is 22.8 Å². The molecule has 0 spiro atoms. The van der Waals surface area contributed by atoms with Crippen LogP contribution in [-0.4, -0.2) is 29.0 Å². The minimum atomic E-state index is -0.338. The molecular weight excluding hydrogens is 368 g/mol. The molecular formula is C18H16N4O4S. The van der Waals surface area contributed by atoms with Crippen molar-refractivity contribution in [2.24, 2.45) is 0 Å². The molecule has 0 radical (unpaired) electrons. The lowest BCUT2D eigenvalue weighted by Gasteiger charge is -2.01. The number of aryl methyl sites for hydroxylation is 1. The maximum atomic E-state index is 12.1. The first-order chi connectivity index (χ1) is 13.0. The fourth-order valence-corrected chi connectivity index (χ4v) is 2.82. The number of nitrogens with one attached hydrogen (secondary N) is 1. The van der Waals surface area contributed by atoms with Crippen molar-refractivity contribution in [3.8, 4) is 23.3 Å². The second kappa shape index (κ2) is 7.97. The molecule has 138 valence electrons. The molecule has 1 N–H and O–H groups in total. The summed E-state index contributed by atoms with van der Waals surface area (Å²) in [5.74, 6) is 1.52. The second-order valence-electron chi connectivity index (χ2n) is 5.54. The van der Waals surface area contributed by atoms with Crippen molar-refractivity contribution in [3.63, 3.8) is 0 Å². The van der Waals surface area contributed by atoms with Gasteiger partial charge < -0.3 is 13.6 Å². The van der Waals surface area contributed by atoms with Gasteiger partial charge in [-0.05, 0) is 38.1 Å². The Balaban J connectivity index is 1.60. The lowest BCUT2D eigenvalue weighted by atomic mass is 10.2. The molecule has 2 heterocycles. The van der Waals surface area contributed by atoms with Gasteiger partial charge in [-0.2, -0.15) is 5.26 Å². The van der Waals surface area contributed by atoms with E-state index in [1.54, 1.807) is 45.2 Å². The molecule has 3 rings (SSSR count). The molecule has 0 aliphatic rings. The van der Waals surface area contributed by atoms with Crippen molar-refractivity contribution in [3.05, 3.63) is 41.2 Å². The molecule has 0 saturated heterocycles. The molecule has 0 aliphatic carbocycles. The Morgan fingerprint density at radius 3 is 2.67 bits per heavy atom. The van der Waals surface area contributed by atoms with Gasteiger partial charge in [0, 0.05) is 11.1 Å². The van der Waals surface area contributed by atoms with Crippen LogP contribution in [0.15, 0.2) is 38.3 Å². The average Bonchev–Trinajstić information content (AvgIpc) is 3.25. The third-order valence-corrected chi connectivity index (χ3v) is 4.64. The van der Waals surface area contributed by atoms with Crippen LogP contribution >= 0.6 is 11.8 Å². The van der Waals surface area contributed by atoms with Gasteiger partial charge in [0.15, 0.2) is 0 Å². The predicted octanol–water partition coefficient (Wildman–Crippen LogP) is 3.56. The quantitative estimate of drug-likeness (QED) is 0.642. The first-order valence-corrected chi connectivity index (χ1v) is 8.91. The number of furan rings is 1. The van der Waals surface area contributed by atoms with Gasteiger partial charge in [0.25, 0.3) is 5.22 Å². The van der Waals surface area contributed by atoms with E-state index in [1.165, 1.54) is 0 Å². The zero-order chi connectivity index (χ0) is 19.4. The summed E-state index contributed by atoms with van der Waals surface area (Å²) in [7, 11) is 1.59. The van der Waals surface area contributed by atoms with Gasteiger partial charge in [-0.15, -0.1) is 10.2 Å². The molecule has 1 amide bonds. The Morgan fingerprint density at radius 1 is 1.26 bits per heavy atom. The number of thioether (sulfide) groups is 1. The number of anilines is 1. The number of benzene rings is 1. The maximum absolute atomic E-state index is 12.1. The van der Waals surface area contributed by atoms with Gasteiger partial charge in [-0.3, -0.25) is 10.1 Å². The van der Waals surface area contributed by atoms with Crippen LogP contribution in [-0.2, 0) is 4.79 Å². The van der Waals surface area contributed by atoms with Gasteiger partial charge in [0.2, 0.25) is 17.7 Å². The number of carbonyl (C=O) groups excluding carboxylic acids is 1. The number of carbonyl (C=O) groups is 1. The second-order valence-corrected chi connectivity index (χ2v) is 6.46. The van der Waals surface area contributed by atoms with E-state index in [4.69, 9.17) is 18.8 Å². The number of amides is 1. The van der Waals surface area contributed by atoms with Crippen LogP contribution in [0.25, 0.3) is 11.5 Å². The minimum absolute atomic E-state index is 0.0356. The smallest absolute Gasteiger partial charge is 0.277 e. The Labute approximate surface area is 159 Å². The maximum Gasteiger partial charge on any atom is 0.277 e. The normalized spacial score (nSPS) is 10.4. The Kier molecular flexibility index (Phi) is 5.47. The largest absolute Gasteiger partial charge is 0.497 e. The average molecular weight is 384 g/mol. The minimum Gasteiger partial charge on any atom is -0.497 e. The lowest BCUT2D eigenvalue weighted by Crippen LogP contribution is -2.14. The van der Waals surface area contributed by atoms with Crippen molar-refractivity contribution in [1.29, 1.82) is 5.26 Å². The Morgan fingerprint density at radius 2 is 2.00 bits per heavy atom. The van der Waals surface area contributed by atoms with E-state index >= 15 is 0 Å². The number of hydrogen-bond donors (Lipinski definition) is 1. The molecule has 8 nitrogen and oxygen atoms in total. The van der Waals surface area contributed by atoms with Gasteiger partial charge in [0.05, 0.1) is 12.9 Å². The molecule has 0 atom stereocenters. The van der Waals surface area contributed by atoms with Crippen molar-refractivity contribution in [2.45, 2.75) is 19.1 Å². The standard InChI is InChI=1S/C18H16N4O4S/c1-10-11(2)25-17(14(10)8-19)20-15(23)9-27-18-22-21-16(26-18)12-4-6-13(24-3)7-5-12/h4-7H,9H2,1-3H3,(H,20,23). The van der Waals surface area contributed by atoms with E-state index in [9.17, 15) is 4.79 Å². The summed E-state index contributed by atoms with van der Waals surface area (Å²) >= 11 is 1.09. The van der Waals surface area contributed by atoms with Gasteiger partial charge >= 0.3 is 0 Å². The van der Waals surface area contributed by atoms with Crippen molar-refractivity contribution >= 4 is 23.6 Å². The highest BCUT2D eigenvalue weighted by Gasteiger charge is 2.17. The third-order valence-electron chi connectivity index (χ3n) is 3.82. The van der Waals surface area contributed by atoms with E-state index < -0.39 is 0 Å². The molecule has 0 unspecified atom stereocenters. The van der Waals surface area contributed by atoms with E-state index in [1.807, 2.05) is 6.07 Å². The van der Waals surface area contributed by atoms with Crippen LogP contribution < -0.4 is 10.1 Å². The van der Waals surface area contributed by atoms with E-state index in [2.05, 4.69) is 15.5 Å². The zero-order valence-corrected chi connectivity index (χ0v) is 15.7. The summed E-state index contributed by atoms with van der Waals surface area (Å²) in [6.45, 7) is 3.50. The number of nitriles is 1.